The van der Waals surface area contributed by atoms with E-state index in [0.717, 1.165) is 23.7 Å². The summed E-state index contributed by atoms with van der Waals surface area (Å²) in [4.78, 5) is 0.447. The van der Waals surface area contributed by atoms with Crippen molar-refractivity contribution in [3.63, 3.8) is 0 Å². The van der Waals surface area contributed by atoms with Gasteiger partial charge in [-0.25, -0.2) is 8.42 Å². The van der Waals surface area contributed by atoms with E-state index in [-0.39, 0.29) is 0 Å². The number of sulfonamides is 1. The van der Waals surface area contributed by atoms with Crippen LogP contribution in [0.15, 0.2) is 29.2 Å². The fourth-order valence-electron chi connectivity index (χ4n) is 2.29. The van der Waals surface area contributed by atoms with E-state index in [4.69, 9.17) is 0 Å². The first-order valence-electron chi connectivity index (χ1n) is 6.17. The van der Waals surface area contributed by atoms with Gasteiger partial charge in [0.1, 0.15) is 0 Å². The Hall–Kier alpha value is -0.390. The number of halogens is 1. The zero-order chi connectivity index (χ0) is 13.2. The lowest BCUT2D eigenvalue weighted by molar-refractivity contribution is 0.292. The molecule has 1 fully saturated rings. The van der Waals surface area contributed by atoms with Gasteiger partial charge in [-0.15, -0.1) is 0 Å². The first-order chi connectivity index (χ1) is 8.55. The Balaban J connectivity index is 2.20. The summed E-state index contributed by atoms with van der Waals surface area (Å²) in [6.07, 6.45) is 1.88. The second-order valence-corrected chi connectivity index (χ2v) is 7.32. The van der Waals surface area contributed by atoms with Crippen LogP contribution in [0, 0.1) is 12.8 Å². The van der Waals surface area contributed by atoms with Gasteiger partial charge in [0.05, 0.1) is 4.90 Å². The molecule has 0 unspecified atom stereocenters. The zero-order valence-electron chi connectivity index (χ0n) is 10.5. The number of aryl methyl sites for hydroxylation is 1. The predicted octanol–water partition coefficient (Wildman–Crippen LogP) is 2.79. The Morgan fingerprint density at radius 2 is 1.89 bits per heavy atom. The van der Waals surface area contributed by atoms with Crippen LogP contribution < -0.4 is 0 Å². The summed E-state index contributed by atoms with van der Waals surface area (Å²) in [6.45, 7) is 3.11. The number of rotatable bonds is 3. The molecule has 1 aliphatic rings. The lowest BCUT2D eigenvalue weighted by atomic mass is 10.0. The van der Waals surface area contributed by atoms with Crippen molar-refractivity contribution in [1.29, 1.82) is 0 Å². The van der Waals surface area contributed by atoms with Gasteiger partial charge in [0.2, 0.25) is 10.0 Å². The smallest absolute Gasteiger partial charge is 0.207 e. The molecule has 1 aromatic carbocycles. The molecule has 0 aliphatic carbocycles. The van der Waals surface area contributed by atoms with E-state index in [9.17, 15) is 8.42 Å². The van der Waals surface area contributed by atoms with Crippen LogP contribution in [0.5, 0.6) is 0 Å². The van der Waals surface area contributed by atoms with Crippen LogP contribution >= 0.6 is 15.9 Å². The van der Waals surface area contributed by atoms with Crippen molar-refractivity contribution >= 4 is 26.0 Å². The SMILES string of the molecule is Cc1ccccc1S(=O)(=O)N1CCC(CBr)CC1. The number of alkyl halides is 1. The molecular weight excluding hydrogens is 314 g/mol. The molecule has 5 heteroatoms. The molecule has 18 heavy (non-hydrogen) atoms. The van der Waals surface area contributed by atoms with Crippen molar-refractivity contribution in [3.05, 3.63) is 29.8 Å². The number of hydrogen-bond donors (Lipinski definition) is 0. The van der Waals surface area contributed by atoms with Crippen molar-refractivity contribution in [2.24, 2.45) is 5.92 Å². The summed E-state index contributed by atoms with van der Waals surface area (Å²) in [5.41, 5.74) is 0.820. The Morgan fingerprint density at radius 3 is 2.44 bits per heavy atom. The van der Waals surface area contributed by atoms with Crippen molar-refractivity contribution in [3.8, 4) is 0 Å². The third kappa shape index (κ3) is 2.78. The van der Waals surface area contributed by atoms with Crippen LogP contribution in [0.2, 0.25) is 0 Å². The molecule has 0 radical (unpaired) electrons. The van der Waals surface area contributed by atoms with E-state index in [1.165, 1.54) is 0 Å². The fraction of sp³-hybridized carbons (Fsp3) is 0.538. The summed E-state index contributed by atoms with van der Waals surface area (Å²) in [6, 6.07) is 7.19. The number of hydrogen-bond acceptors (Lipinski definition) is 2. The number of piperidine rings is 1. The topological polar surface area (TPSA) is 37.4 Å². The summed E-state index contributed by atoms with van der Waals surface area (Å²) in [5.74, 6) is 0.605. The van der Waals surface area contributed by atoms with Crippen LogP contribution in [-0.4, -0.2) is 31.1 Å². The monoisotopic (exact) mass is 331 g/mol. The molecule has 1 saturated heterocycles. The predicted molar refractivity (Wildman–Crippen MR) is 76.5 cm³/mol. The average Bonchev–Trinajstić information content (AvgIpc) is 2.39. The van der Waals surface area contributed by atoms with Crippen molar-refractivity contribution in [2.45, 2.75) is 24.7 Å². The van der Waals surface area contributed by atoms with Crippen LogP contribution in [0.25, 0.3) is 0 Å². The number of nitrogens with zero attached hydrogens (tertiary/aromatic N) is 1. The third-order valence-corrected chi connectivity index (χ3v) is 6.48. The van der Waals surface area contributed by atoms with Crippen LogP contribution in [-0.2, 0) is 10.0 Å². The van der Waals surface area contributed by atoms with E-state index in [0.29, 0.717) is 23.9 Å². The quantitative estimate of drug-likeness (QED) is 0.798. The minimum Gasteiger partial charge on any atom is -0.207 e. The highest BCUT2D eigenvalue weighted by Crippen LogP contribution is 2.26. The van der Waals surface area contributed by atoms with Gasteiger partial charge in [-0.3, -0.25) is 0 Å². The second-order valence-electron chi connectivity index (χ2n) is 4.77. The molecule has 0 atom stereocenters. The lowest BCUT2D eigenvalue weighted by Crippen LogP contribution is -2.39. The first-order valence-corrected chi connectivity index (χ1v) is 8.73. The Morgan fingerprint density at radius 1 is 1.28 bits per heavy atom. The summed E-state index contributed by atoms with van der Waals surface area (Å²) >= 11 is 3.47. The Labute approximate surface area is 117 Å². The maximum Gasteiger partial charge on any atom is 0.243 e. The van der Waals surface area contributed by atoms with Gasteiger partial charge in [0.25, 0.3) is 0 Å². The van der Waals surface area contributed by atoms with Crippen molar-refractivity contribution in [1.82, 2.24) is 4.31 Å². The molecule has 0 spiro atoms. The summed E-state index contributed by atoms with van der Waals surface area (Å²) < 4.78 is 26.7. The maximum atomic E-state index is 12.5. The zero-order valence-corrected chi connectivity index (χ0v) is 12.9. The van der Waals surface area contributed by atoms with Gasteiger partial charge in [-0.2, -0.15) is 4.31 Å². The normalized spacial score (nSPS) is 19.0. The minimum atomic E-state index is -3.31. The van der Waals surface area contributed by atoms with Crippen LogP contribution in [0.1, 0.15) is 18.4 Å². The average molecular weight is 332 g/mol. The molecule has 0 bridgehead atoms. The Bertz CT molecular complexity index is 507. The largest absolute Gasteiger partial charge is 0.243 e. The molecule has 1 aliphatic heterocycles. The molecular formula is C13H18BrNO2S. The van der Waals surface area contributed by atoms with Gasteiger partial charge in [-0.1, -0.05) is 34.1 Å². The molecule has 0 N–H and O–H groups in total. The van der Waals surface area contributed by atoms with E-state index in [2.05, 4.69) is 15.9 Å². The third-order valence-electron chi connectivity index (χ3n) is 3.50. The fourth-order valence-corrected chi connectivity index (χ4v) is 4.63. The van der Waals surface area contributed by atoms with Gasteiger partial charge in [0, 0.05) is 18.4 Å². The van der Waals surface area contributed by atoms with Gasteiger partial charge in [-0.05, 0) is 37.3 Å². The first kappa shape index (κ1) is 14.0. The standard InChI is InChI=1S/C13H18BrNO2S/c1-11-4-2-3-5-13(11)18(16,17)15-8-6-12(10-14)7-9-15/h2-5,12H,6-10H2,1H3. The molecule has 0 saturated carbocycles. The minimum absolute atomic E-state index is 0.447. The van der Waals surface area contributed by atoms with E-state index in [1.807, 2.05) is 19.1 Å². The van der Waals surface area contributed by atoms with Crippen LogP contribution in [0.4, 0.5) is 0 Å². The Kier molecular flexibility index (Phi) is 4.45. The highest BCUT2D eigenvalue weighted by atomic mass is 79.9. The van der Waals surface area contributed by atoms with Gasteiger partial charge >= 0.3 is 0 Å². The molecule has 0 aromatic heterocycles. The summed E-state index contributed by atoms with van der Waals surface area (Å²) in [5, 5.41) is 0.964. The molecule has 1 heterocycles. The molecule has 2 rings (SSSR count). The van der Waals surface area contributed by atoms with E-state index >= 15 is 0 Å². The maximum absolute atomic E-state index is 12.5. The number of benzene rings is 1. The highest BCUT2D eigenvalue weighted by Gasteiger charge is 2.29. The molecule has 1 aromatic rings. The summed E-state index contributed by atoms with van der Waals surface area (Å²) in [7, 11) is -3.31. The van der Waals surface area contributed by atoms with E-state index in [1.54, 1.807) is 16.4 Å². The van der Waals surface area contributed by atoms with Crippen molar-refractivity contribution < 1.29 is 8.42 Å². The van der Waals surface area contributed by atoms with Crippen molar-refractivity contribution in [2.75, 3.05) is 18.4 Å². The second kappa shape index (κ2) is 5.72. The highest BCUT2D eigenvalue weighted by molar-refractivity contribution is 9.09. The molecule has 100 valence electrons. The van der Waals surface area contributed by atoms with Crippen LogP contribution in [0.3, 0.4) is 0 Å². The lowest BCUT2D eigenvalue weighted by Gasteiger charge is -2.30. The molecule has 0 amide bonds. The molecule has 3 nitrogen and oxygen atoms in total. The van der Waals surface area contributed by atoms with Gasteiger partial charge in [0.15, 0.2) is 0 Å². The van der Waals surface area contributed by atoms with Gasteiger partial charge < -0.3 is 0 Å². The van der Waals surface area contributed by atoms with E-state index < -0.39 is 10.0 Å².